The molecule has 1 N–H and O–H groups in total. The lowest BCUT2D eigenvalue weighted by atomic mass is 9.92. The minimum atomic E-state index is -0.182. The van der Waals surface area contributed by atoms with Crippen LogP contribution in [0.5, 0.6) is 0 Å². The summed E-state index contributed by atoms with van der Waals surface area (Å²) in [6.07, 6.45) is 7.32. The van der Waals surface area contributed by atoms with Crippen molar-refractivity contribution in [3.8, 4) is 0 Å². The maximum atomic E-state index is 12.4. The van der Waals surface area contributed by atoms with Crippen LogP contribution in [0.15, 0.2) is 16.9 Å². The largest absolute Gasteiger partial charge is 0.378 e. The molecule has 1 aromatic rings. The summed E-state index contributed by atoms with van der Waals surface area (Å²) < 4.78 is 6.52. The van der Waals surface area contributed by atoms with Gasteiger partial charge in [-0.2, -0.15) is 0 Å². The van der Waals surface area contributed by atoms with Crippen LogP contribution in [-0.2, 0) is 9.53 Å². The molecule has 1 aliphatic heterocycles. The van der Waals surface area contributed by atoms with E-state index >= 15 is 0 Å². The smallest absolute Gasteiger partial charge is 0.223 e. The quantitative estimate of drug-likeness (QED) is 0.881. The van der Waals surface area contributed by atoms with Gasteiger partial charge >= 0.3 is 0 Å². The van der Waals surface area contributed by atoms with Crippen molar-refractivity contribution in [2.75, 3.05) is 6.61 Å². The molecular weight excluding hydrogens is 334 g/mol. The molecule has 0 bridgehead atoms. The normalized spacial score (nSPS) is 23.6. The molecule has 2 heterocycles. The van der Waals surface area contributed by atoms with Crippen molar-refractivity contribution in [3.63, 3.8) is 0 Å². The third kappa shape index (κ3) is 4.74. The summed E-state index contributed by atoms with van der Waals surface area (Å²) in [5.41, 5.74) is 0. The molecular formula is C15H22BrN3O2. The van der Waals surface area contributed by atoms with E-state index in [4.69, 9.17) is 4.74 Å². The number of ether oxygens (including phenoxy) is 1. The lowest BCUT2D eigenvalue weighted by Crippen LogP contribution is -2.38. The number of rotatable bonds is 5. The first-order chi connectivity index (χ1) is 10.1. The first-order valence-electron chi connectivity index (χ1n) is 7.49. The fourth-order valence-corrected chi connectivity index (χ4v) is 2.79. The monoisotopic (exact) mass is 355 g/mol. The molecule has 1 saturated heterocycles. The Kier molecular flexibility index (Phi) is 6.11. The SMILES string of the molecule is CCCC1CC(C(=O)NC(C)c2ncc(Br)cn2)CCO1. The van der Waals surface area contributed by atoms with Gasteiger partial charge in [0.25, 0.3) is 0 Å². The molecule has 116 valence electrons. The Labute approximate surface area is 134 Å². The third-order valence-electron chi connectivity index (χ3n) is 3.74. The van der Waals surface area contributed by atoms with Crippen LogP contribution < -0.4 is 5.32 Å². The fraction of sp³-hybridized carbons (Fsp3) is 0.667. The summed E-state index contributed by atoms with van der Waals surface area (Å²) in [5.74, 6) is 0.746. The number of halogens is 1. The number of amides is 1. The van der Waals surface area contributed by atoms with Crippen LogP contribution in [-0.4, -0.2) is 28.6 Å². The van der Waals surface area contributed by atoms with Gasteiger partial charge in [-0.15, -0.1) is 0 Å². The topological polar surface area (TPSA) is 64.1 Å². The molecule has 3 atom stereocenters. The van der Waals surface area contributed by atoms with Crippen molar-refractivity contribution < 1.29 is 9.53 Å². The van der Waals surface area contributed by atoms with Crippen molar-refractivity contribution in [1.82, 2.24) is 15.3 Å². The Bertz CT molecular complexity index is 464. The average Bonchev–Trinajstić information content (AvgIpc) is 2.48. The van der Waals surface area contributed by atoms with Crippen LogP contribution >= 0.6 is 15.9 Å². The Balaban J connectivity index is 1.89. The van der Waals surface area contributed by atoms with E-state index in [1.54, 1.807) is 12.4 Å². The molecule has 1 aliphatic rings. The second kappa shape index (κ2) is 7.84. The molecule has 2 rings (SSSR count). The highest BCUT2D eigenvalue weighted by atomic mass is 79.9. The number of nitrogens with one attached hydrogen (secondary N) is 1. The zero-order valence-corrected chi connectivity index (χ0v) is 14.1. The number of hydrogen-bond donors (Lipinski definition) is 1. The standard InChI is InChI=1S/C15H22BrN3O2/c1-3-4-13-7-11(5-6-21-13)15(20)19-10(2)14-17-8-12(16)9-18-14/h8-11,13H,3-7H2,1-2H3,(H,19,20). The highest BCUT2D eigenvalue weighted by Crippen LogP contribution is 2.24. The number of carbonyl (C=O) groups is 1. The van der Waals surface area contributed by atoms with Crippen molar-refractivity contribution in [2.45, 2.75) is 51.7 Å². The summed E-state index contributed by atoms with van der Waals surface area (Å²) >= 11 is 3.30. The number of carbonyl (C=O) groups excluding carboxylic acids is 1. The minimum absolute atomic E-state index is 0.0354. The molecule has 0 aromatic carbocycles. The second-order valence-electron chi connectivity index (χ2n) is 5.49. The highest BCUT2D eigenvalue weighted by molar-refractivity contribution is 9.10. The van der Waals surface area contributed by atoms with E-state index in [-0.39, 0.29) is 24.0 Å². The maximum absolute atomic E-state index is 12.4. The van der Waals surface area contributed by atoms with E-state index < -0.39 is 0 Å². The average molecular weight is 356 g/mol. The second-order valence-corrected chi connectivity index (χ2v) is 6.41. The van der Waals surface area contributed by atoms with E-state index in [0.29, 0.717) is 12.4 Å². The van der Waals surface area contributed by atoms with Crippen LogP contribution in [0.1, 0.15) is 51.4 Å². The van der Waals surface area contributed by atoms with Gasteiger partial charge in [-0.1, -0.05) is 13.3 Å². The number of hydrogen-bond acceptors (Lipinski definition) is 4. The summed E-state index contributed by atoms with van der Waals surface area (Å²) in [7, 11) is 0. The van der Waals surface area contributed by atoms with Crippen molar-refractivity contribution in [1.29, 1.82) is 0 Å². The molecule has 0 saturated carbocycles. The van der Waals surface area contributed by atoms with Gasteiger partial charge in [0, 0.05) is 24.9 Å². The molecule has 21 heavy (non-hydrogen) atoms. The van der Waals surface area contributed by atoms with Gasteiger partial charge in [0.2, 0.25) is 5.91 Å². The molecule has 1 fully saturated rings. The van der Waals surface area contributed by atoms with Crippen molar-refractivity contribution in [3.05, 3.63) is 22.7 Å². The molecule has 0 spiro atoms. The predicted molar refractivity (Wildman–Crippen MR) is 83.7 cm³/mol. The summed E-state index contributed by atoms with van der Waals surface area (Å²) in [5, 5.41) is 3.01. The molecule has 6 heteroatoms. The van der Waals surface area contributed by atoms with Gasteiger partial charge in [0.15, 0.2) is 0 Å². The first kappa shape index (κ1) is 16.4. The molecule has 0 aliphatic carbocycles. The molecule has 3 unspecified atom stereocenters. The summed E-state index contributed by atoms with van der Waals surface area (Å²) in [6, 6.07) is -0.182. The van der Waals surface area contributed by atoms with Crippen LogP contribution in [0.25, 0.3) is 0 Å². The van der Waals surface area contributed by atoms with Gasteiger partial charge in [-0.25, -0.2) is 9.97 Å². The number of aromatic nitrogens is 2. The van der Waals surface area contributed by atoms with E-state index in [1.807, 2.05) is 6.92 Å². The summed E-state index contributed by atoms with van der Waals surface area (Å²) in [6.45, 7) is 4.72. The number of nitrogens with zero attached hydrogens (tertiary/aromatic N) is 2. The van der Waals surface area contributed by atoms with E-state index in [0.717, 1.165) is 30.2 Å². The molecule has 1 amide bonds. The zero-order valence-electron chi connectivity index (χ0n) is 12.5. The highest BCUT2D eigenvalue weighted by Gasteiger charge is 2.28. The van der Waals surface area contributed by atoms with Gasteiger partial charge < -0.3 is 10.1 Å². The van der Waals surface area contributed by atoms with E-state index in [1.165, 1.54) is 0 Å². The van der Waals surface area contributed by atoms with Gasteiger partial charge in [-0.05, 0) is 42.1 Å². The van der Waals surface area contributed by atoms with E-state index in [9.17, 15) is 4.79 Å². The lowest BCUT2D eigenvalue weighted by Gasteiger charge is -2.29. The minimum Gasteiger partial charge on any atom is -0.378 e. The maximum Gasteiger partial charge on any atom is 0.223 e. The Morgan fingerprint density at radius 3 is 2.90 bits per heavy atom. The Hall–Kier alpha value is -1.01. The predicted octanol–water partition coefficient (Wildman–Crippen LogP) is 3.01. The molecule has 1 aromatic heterocycles. The Morgan fingerprint density at radius 2 is 2.24 bits per heavy atom. The van der Waals surface area contributed by atoms with Gasteiger partial charge in [0.05, 0.1) is 16.6 Å². The van der Waals surface area contributed by atoms with E-state index in [2.05, 4.69) is 38.1 Å². The molecule has 0 radical (unpaired) electrons. The van der Waals surface area contributed by atoms with Crippen LogP contribution in [0.4, 0.5) is 0 Å². The van der Waals surface area contributed by atoms with Crippen LogP contribution in [0.3, 0.4) is 0 Å². The lowest BCUT2D eigenvalue weighted by molar-refractivity contribution is -0.131. The van der Waals surface area contributed by atoms with Gasteiger partial charge in [-0.3, -0.25) is 4.79 Å². The Morgan fingerprint density at radius 1 is 1.52 bits per heavy atom. The van der Waals surface area contributed by atoms with Crippen LogP contribution in [0.2, 0.25) is 0 Å². The van der Waals surface area contributed by atoms with Gasteiger partial charge in [0.1, 0.15) is 5.82 Å². The fourth-order valence-electron chi connectivity index (χ4n) is 2.58. The summed E-state index contributed by atoms with van der Waals surface area (Å²) in [4.78, 5) is 20.8. The third-order valence-corrected chi connectivity index (χ3v) is 4.14. The first-order valence-corrected chi connectivity index (χ1v) is 8.28. The van der Waals surface area contributed by atoms with Crippen molar-refractivity contribution in [2.24, 2.45) is 5.92 Å². The zero-order chi connectivity index (χ0) is 15.2. The molecule has 5 nitrogen and oxygen atoms in total. The van der Waals surface area contributed by atoms with Crippen LogP contribution in [0, 0.1) is 5.92 Å². The van der Waals surface area contributed by atoms with Crippen molar-refractivity contribution >= 4 is 21.8 Å².